The second kappa shape index (κ2) is 17.9. The molecule has 224 valence electrons. The molecule has 1 fully saturated rings. The molecule has 1 heterocycles. The van der Waals surface area contributed by atoms with E-state index in [4.69, 9.17) is 19.9 Å². The molecule has 8 atom stereocenters. The van der Waals surface area contributed by atoms with Crippen LogP contribution in [-0.4, -0.2) is 93.7 Å². The zero-order valence-electron chi connectivity index (χ0n) is 22.7. The normalized spacial score (nSPS) is 25.7. The molecule has 0 radical (unpaired) electrons. The van der Waals surface area contributed by atoms with Crippen LogP contribution in [-0.2, 0) is 25.4 Å². The molecule has 1 saturated heterocycles. The molecule has 10 nitrogen and oxygen atoms in total. The molecular formula is C28H46FNO9. The number of benzene rings is 1. The lowest BCUT2D eigenvalue weighted by molar-refractivity contribution is -0.302. The molecule has 2 rings (SSSR count). The highest BCUT2D eigenvalue weighted by atomic mass is 19.1. The first-order chi connectivity index (χ1) is 18.6. The molecule has 1 aromatic carbocycles. The lowest BCUT2D eigenvalue weighted by Crippen LogP contribution is -2.60. The lowest BCUT2D eigenvalue weighted by atomic mass is 9.99. The third-order valence-corrected chi connectivity index (χ3v) is 7.05. The van der Waals surface area contributed by atoms with Crippen molar-refractivity contribution in [1.82, 2.24) is 0 Å². The molecule has 1 aliphatic rings. The van der Waals surface area contributed by atoms with Crippen LogP contribution in [0.2, 0.25) is 0 Å². The van der Waals surface area contributed by atoms with Gasteiger partial charge in [-0.1, -0.05) is 50.7 Å². The van der Waals surface area contributed by atoms with Gasteiger partial charge in [-0.05, 0) is 43.9 Å². The van der Waals surface area contributed by atoms with E-state index < -0.39 is 61.5 Å². The number of ether oxygens (including phenoxy) is 3. The van der Waals surface area contributed by atoms with E-state index in [0.29, 0.717) is 6.42 Å². The van der Waals surface area contributed by atoms with E-state index in [9.17, 15) is 34.7 Å². The Kier molecular flexibility index (Phi) is 15.4. The number of aliphatic hydroxyl groups is 5. The second-order valence-corrected chi connectivity index (χ2v) is 10.3. The number of carbonyl (C=O) groups excluding carboxylic acids is 1. The maximum Gasteiger partial charge on any atom is 0.306 e. The van der Waals surface area contributed by atoms with E-state index in [0.717, 1.165) is 56.9 Å². The fourth-order valence-electron chi connectivity index (χ4n) is 4.50. The van der Waals surface area contributed by atoms with Crippen molar-refractivity contribution in [2.75, 3.05) is 13.2 Å². The van der Waals surface area contributed by atoms with Gasteiger partial charge in [0.2, 0.25) is 0 Å². The van der Waals surface area contributed by atoms with Gasteiger partial charge in [-0.25, -0.2) is 4.39 Å². The summed E-state index contributed by atoms with van der Waals surface area (Å²) in [5, 5.41) is 49.3. The van der Waals surface area contributed by atoms with Gasteiger partial charge in [-0.15, -0.1) is 0 Å². The van der Waals surface area contributed by atoms with Gasteiger partial charge in [0.1, 0.15) is 42.4 Å². The zero-order chi connectivity index (χ0) is 28.8. The molecule has 0 bridgehead atoms. The van der Waals surface area contributed by atoms with Crippen molar-refractivity contribution in [3.63, 3.8) is 0 Å². The minimum atomic E-state index is -1.58. The van der Waals surface area contributed by atoms with E-state index in [1.165, 1.54) is 19.1 Å². The van der Waals surface area contributed by atoms with Crippen molar-refractivity contribution in [1.29, 1.82) is 0 Å². The minimum absolute atomic E-state index is 0.207. The number of hydrogen-bond acceptors (Lipinski definition) is 10. The highest BCUT2D eigenvalue weighted by Gasteiger charge is 2.44. The second-order valence-electron chi connectivity index (χ2n) is 10.3. The van der Waals surface area contributed by atoms with Gasteiger partial charge in [0.05, 0.1) is 19.3 Å². The van der Waals surface area contributed by atoms with Gasteiger partial charge in [-0.3, -0.25) is 4.79 Å². The maximum absolute atomic E-state index is 12.9. The Morgan fingerprint density at radius 2 is 1.56 bits per heavy atom. The molecule has 0 amide bonds. The Morgan fingerprint density at radius 1 is 0.974 bits per heavy atom. The molecule has 0 spiro atoms. The van der Waals surface area contributed by atoms with E-state index in [2.05, 4.69) is 0 Å². The van der Waals surface area contributed by atoms with Crippen molar-refractivity contribution >= 4 is 5.97 Å². The molecular weight excluding hydrogens is 513 g/mol. The number of rotatable bonds is 18. The van der Waals surface area contributed by atoms with Gasteiger partial charge in [0, 0.05) is 6.42 Å². The van der Waals surface area contributed by atoms with Crippen LogP contribution in [0.25, 0.3) is 0 Å². The molecule has 11 heteroatoms. The molecule has 7 N–H and O–H groups in total. The smallest absolute Gasteiger partial charge is 0.306 e. The van der Waals surface area contributed by atoms with Crippen molar-refractivity contribution in [2.45, 2.75) is 120 Å². The van der Waals surface area contributed by atoms with Crippen LogP contribution in [0.4, 0.5) is 4.39 Å². The van der Waals surface area contributed by atoms with Crippen LogP contribution in [0.15, 0.2) is 24.3 Å². The molecule has 0 aromatic heterocycles. The van der Waals surface area contributed by atoms with E-state index in [1.54, 1.807) is 0 Å². The van der Waals surface area contributed by atoms with Gasteiger partial charge >= 0.3 is 5.97 Å². The number of esters is 1. The largest absolute Gasteiger partial charge is 0.460 e. The summed E-state index contributed by atoms with van der Waals surface area (Å²) >= 11 is 0. The summed E-state index contributed by atoms with van der Waals surface area (Å²) in [6.07, 6.45) is 0.181. The van der Waals surface area contributed by atoms with Crippen LogP contribution in [0.1, 0.15) is 70.3 Å². The Balaban J connectivity index is 1.51. The van der Waals surface area contributed by atoms with Crippen molar-refractivity contribution in [3.05, 3.63) is 35.6 Å². The number of aliphatic hydroxyl groups excluding tert-OH is 5. The summed E-state index contributed by atoms with van der Waals surface area (Å²) in [7, 11) is 0. The predicted octanol–water partition coefficient (Wildman–Crippen LogP) is 1.32. The molecule has 1 aliphatic heterocycles. The van der Waals surface area contributed by atoms with Gasteiger partial charge in [0.25, 0.3) is 0 Å². The van der Waals surface area contributed by atoms with Crippen molar-refractivity contribution in [3.8, 4) is 0 Å². The number of hydrogen-bond donors (Lipinski definition) is 6. The molecule has 0 aliphatic carbocycles. The van der Waals surface area contributed by atoms with Crippen LogP contribution in [0.3, 0.4) is 0 Å². The first-order valence-corrected chi connectivity index (χ1v) is 13.9. The van der Waals surface area contributed by atoms with Crippen LogP contribution < -0.4 is 5.73 Å². The SMILES string of the molecule is C[C@@H](OC(=O)CCCCCCCCCCc1ccc(F)cc1)[C@@H](O)[C@@H](N)COC1OC(CO)C(O)C(O)C1O. The Bertz CT molecular complexity index is 813. The summed E-state index contributed by atoms with van der Waals surface area (Å²) in [6.45, 7) is 0.636. The summed E-state index contributed by atoms with van der Waals surface area (Å²) in [6, 6.07) is 5.66. The first kappa shape index (κ1) is 33.5. The Labute approximate surface area is 229 Å². The quantitative estimate of drug-likeness (QED) is 0.114. The highest BCUT2D eigenvalue weighted by molar-refractivity contribution is 5.69. The van der Waals surface area contributed by atoms with Crippen LogP contribution in [0.5, 0.6) is 0 Å². The van der Waals surface area contributed by atoms with Gasteiger partial charge in [-0.2, -0.15) is 0 Å². The summed E-state index contributed by atoms with van der Waals surface area (Å²) in [4.78, 5) is 12.2. The number of aryl methyl sites for hydroxylation is 1. The third-order valence-electron chi connectivity index (χ3n) is 7.05. The summed E-state index contributed by atoms with van der Waals surface area (Å²) in [5.74, 6) is -0.633. The topological polar surface area (TPSA) is 172 Å². The maximum atomic E-state index is 12.9. The number of nitrogens with two attached hydrogens (primary N) is 1. The molecule has 0 saturated carbocycles. The fraction of sp³-hybridized carbons (Fsp3) is 0.750. The van der Waals surface area contributed by atoms with Gasteiger partial charge in [0.15, 0.2) is 6.29 Å². The van der Waals surface area contributed by atoms with Gasteiger partial charge < -0.3 is 45.5 Å². The average Bonchev–Trinajstić information content (AvgIpc) is 2.92. The van der Waals surface area contributed by atoms with Crippen LogP contribution >= 0.6 is 0 Å². The lowest BCUT2D eigenvalue weighted by Gasteiger charge is -2.40. The summed E-state index contributed by atoms with van der Waals surface area (Å²) < 4.78 is 28.8. The Hall–Kier alpha value is -1.70. The molecule has 5 unspecified atom stereocenters. The number of carbonyl (C=O) groups is 1. The van der Waals surface area contributed by atoms with E-state index in [-0.39, 0.29) is 18.8 Å². The predicted molar refractivity (Wildman–Crippen MR) is 141 cm³/mol. The molecule has 1 aromatic rings. The summed E-state index contributed by atoms with van der Waals surface area (Å²) in [5.41, 5.74) is 7.10. The monoisotopic (exact) mass is 559 g/mol. The highest BCUT2D eigenvalue weighted by Crippen LogP contribution is 2.22. The first-order valence-electron chi connectivity index (χ1n) is 13.9. The van der Waals surface area contributed by atoms with E-state index >= 15 is 0 Å². The van der Waals surface area contributed by atoms with Crippen molar-refractivity contribution in [2.24, 2.45) is 5.73 Å². The standard InChI is InChI=1S/C28H46FNO9/c1-18(24(33)21(30)17-37-28-27(36)26(35)25(34)22(16-31)39-28)38-23(32)11-9-7-5-3-2-4-6-8-10-19-12-14-20(29)15-13-19/h12-15,18,21-22,24-28,31,33-36H,2-11,16-17,30H2,1H3/t18-,21+,22?,24-,25?,26?,27?,28?/m1/s1. The van der Waals surface area contributed by atoms with Crippen LogP contribution in [0, 0.1) is 5.82 Å². The fourth-order valence-corrected chi connectivity index (χ4v) is 4.50. The zero-order valence-corrected chi connectivity index (χ0v) is 22.7. The third kappa shape index (κ3) is 11.7. The van der Waals surface area contributed by atoms with E-state index in [1.807, 2.05) is 12.1 Å². The number of halogens is 1. The number of unbranched alkanes of at least 4 members (excludes halogenated alkanes) is 7. The molecule has 39 heavy (non-hydrogen) atoms. The Morgan fingerprint density at radius 3 is 2.18 bits per heavy atom. The average molecular weight is 560 g/mol. The van der Waals surface area contributed by atoms with Crippen molar-refractivity contribution < 1.29 is 48.9 Å². The minimum Gasteiger partial charge on any atom is -0.460 e.